The van der Waals surface area contributed by atoms with E-state index in [0.717, 1.165) is 19.3 Å². The van der Waals surface area contributed by atoms with Crippen LogP contribution in [0.3, 0.4) is 0 Å². The minimum absolute atomic E-state index is 0.102. The molecule has 3 rings (SSSR count). The molecule has 1 aliphatic heterocycles. The average Bonchev–Trinajstić information content (AvgIpc) is 2.34. The third-order valence-electron chi connectivity index (χ3n) is 3.76. The fraction of sp³-hybridized carbons (Fsp3) is 0.500. The lowest BCUT2D eigenvalue weighted by Gasteiger charge is -2.33. The van der Waals surface area contributed by atoms with Gasteiger partial charge in [-0.2, -0.15) is 0 Å². The van der Waals surface area contributed by atoms with Gasteiger partial charge in [0.1, 0.15) is 12.4 Å². The summed E-state index contributed by atoms with van der Waals surface area (Å²) in [6, 6.07) is 8.67. The Kier molecular flexibility index (Phi) is 2.90. The van der Waals surface area contributed by atoms with Crippen molar-refractivity contribution in [1.82, 2.24) is 0 Å². The summed E-state index contributed by atoms with van der Waals surface area (Å²) >= 11 is 0. The van der Waals surface area contributed by atoms with E-state index in [0.29, 0.717) is 13.2 Å². The number of aryl methyl sites for hydroxylation is 1. The molecular weight excluding hydrogens is 224 g/mol. The van der Waals surface area contributed by atoms with Gasteiger partial charge in [0.2, 0.25) is 0 Å². The monoisotopic (exact) mass is 244 g/mol. The maximum Gasteiger partial charge on any atom is 0.111 e. The molecule has 0 saturated carbocycles. The molecule has 2 heteroatoms. The topological polar surface area (TPSA) is 18.5 Å². The highest BCUT2D eigenvalue weighted by Gasteiger charge is 2.29. The summed E-state index contributed by atoms with van der Waals surface area (Å²) < 4.78 is 11.8. The van der Waals surface area contributed by atoms with E-state index in [2.05, 4.69) is 38.1 Å². The molecule has 0 fully saturated rings. The van der Waals surface area contributed by atoms with Crippen molar-refractivity contribution in [3.63, 3.8) is 0 Å². The van der Waals surface area contributed by atoms with Gasteiger partial charge in [-0.05, 0) is 31.4 Å². The van der Waals surface area contributed by atoms with Crippen LogP contribution in [0.15, 0.2) is 30.0 Å². The second-order valence-electron chi connectivity index (χ2n) is 5.69. The van der Waals surface area contributed by atoms with Gasteiger partial charge in [0.25, 0.3) is 0 Å². The Bertz CT molecular complexity index is 486. The van der Waals surface area contributed by atoms with Crippen LogP contribution in [-0.2, 0) is 15.9 Å². The summed E-state index contributed by atoms with van der Waals surface area (Å²) in [5.41, 5.74) is 4.05. The van der Waals surface area contributed by atoms with Gasteiger partial charge in [0.15, 0.2) is 0 Å². The molecule has 0 bridgehead atoms. The molecule has 1 heterocycles. The summed E-state index contributed by atoms with van der Waals surface area (Å²) in [5, 5.41) is 0. The first-order valence-electron chi connectivity index (χ1n) is 6.73. The lowest BCUT2D eigenvalue weighted by Crippen LogP contribution is -2.30. The van der Waals surface area contributed by atoms with Crippen LogP contribution in [0.25, 0.3) is 5.57 Å². The maximum atomic E-state index is 5.89. The third kappa shape index (κ3) is 2.17. The molecule has 0 atom stereocenters. The van der Waals surface area contributed by atoms with E-state index in [1.165, 1.54) is 22.5 Å². The van der Waals surface area contributed by atoms with Gasteiger partial charge in [0.05, 0.1) is 12.2 Å². The predicted molar refractivity (Wildman–Crippen MR) is 72.3 cm³/mol. The predicted octanol–water partition coefficient (Wildman–Crippen LogP) is 3.56. The Morgan fingerprint density at radius 1 is 1.06 bits per heavy atom. The van der Waals surface area contributed by atoms with Crippen molar-refractivity contribution in [1.29, 1.82) is 0 Å². The number of fused-ring (bicyclic) bond motifs is 2. The Morgan fingerprint density at radius 2 is 1.89 bits per heavy atom. The lowest BCUT2D eigenvalue weighted by atomic mass is 9.84. The lowest BCUT2D eigenvalue weighted by molar-refractivity contribution is -0.0411. The zero-order chi connectivity index (χ0) is 12.6. The molecule has 1 aliphatic carbocycles. The normalized spacial score (nSPS) is 22.3. The first kappa shape index (κ1) is 11.8. The fourth-order valence-corrected chi connectivity index (χ4v) is 2.89. The molecule has 2 aliphatic rings. The number of ether oxygens (including phenoxy) is 2. The van der Waals surface area contributed by atoms with Gasteiger partial charge in [0, 0.05) is 18.4 Å². The largest absolute Gasteiger partial charge is 0.495 e. The van der Waals surface area contributed by atoms with E-state index < -0.39 is 0 Å². The summed E-state index contributed by atoms with van der Waals surface area (Å²) in [6.45, 7) is 5.69. The molecule has 1 aromatic carbocycles. The van der Waals surface area contributed by atoms with E-state index in [1.807, 2.05) is 0 Å². The minimum atomic E-state index is -0.102. The highest BCUT2D eigenvalue weighted by atomic mass is 16.5. The van der Waals surface area contributed by atoms with Gasteiger partial charge >= 0.3 is 0 Å². The van der Waals surface area contributed by atoms with Gasteiger partial charge in [-0.25, -0.2) is 0 Å². The zero-order valence-electron chi connectivity index (χ0n) is 11.2. The Hall–Kier alpha value is -1.28. The number of benzene rings is 1. The van der Waals surface area contributed by atoms with Crippen LogP contribution in [0.4, 0.5) is 0 Å². The Labute approximate surface area is 109 Å². The molecule has 0 radical (unpaired) electrons. The van der Waals surface area contributed by atoms with Crippen LogP contribution in [0.1, 0.15) is 37.8 Å². The molecule has 0 unspecified atom stereocenters. The number of hydrogen-bond donors (Lipinski definition) is 0. The van der Waals surface area contributed by atoms with Crippen molar-refractivity contribution in [2.75, 3.05) is 13.2 Å². The Balaban J connectivity index is 2.06. The van der Waals surface area contributed by atoms with Gasteiger partial charge in [-0.1, -0.05) is 24.3 Å². The van der Waals surface area contributed by atoms with Crippen LogP contribution in [0, 0.1) is 0 Å². The Morgan fingerprint density at radius 3 is 2.78 bits per heavy atom. The first-order valence-corrected chi connectivity index (χ1v) is 6.73. The molecule has 96 valence electrons. The van der Waals surface area contributed by atoms with Crippen LogP contribution in [-0.4, -0.2) is 18.8 Å². The van der Waals surface area contributed by atoms with E-state index in [9.17, 15) is 0 Å². The van der Waals surface area contributed by atoms with E-state index in [-0.39, 0.29) is 5.60 Å². The van der Waals surface area contributed by atoms with Crippen molar-refractivity contribution in [2.45, 2.75) is 38.7 Å². The highest BCUT2D eigenvalue weighted by Crippen LogP contribution is 2.38. The van der Waals surface area contributed by atoms with Gasteiger partial charge in [-0.3, -0.25) is 0 Å². The molecular formula is C16H20O2. The van der Waals surface area contributed by atoms with Crippen molar-refractivity contribution in [3.8, 4) is 0 Å². The second-order valence-corrected chi connectivity index (χ2v) is 5.69. The van der Waals surface area contributed by atoms with E-state index in [1.54, 1.807) is 0 Å². The molecule has 0 saturated heterocycles. The fourth-order valence-electron chi connectivity index (χ4n) is 2.89. The van der Waals surface area contributed by atoms with Crippen LogP contribution in [0.2, 0.25) is 0 Å². The van der Waals surface area contributed by atoms with Crippen molar-refractivity contribution < 1.29 is 9.47 Å². The molecule has 18 heavy (non-hydrogen) atoms. The zero-order valence-corrected chi connectivity index (χ0v) is 11.2. The summed E-state index contributed by atoms with van der Waals surface area (Å²) in [6.07, 6.45) is 3.05. The molecule has 1 aromatic rings. The molecule has 0 amide bonds. The van der Waals surface area contributed by atoms with Gasteiger partial charge < -0.3 is 9.47 Å². The average molecular weight is 244 g/mol. The van der Waals surface area contributed by atoms with Crippen molar-refractivity contribution in [3.05, 3.63) is 41.2 Å². The molecule has 0 N–H and O–H groups in total. The number of hydrogen-bond acceptors (Lipinski definition) is 2. The summed E-state index contributed by atoms with van der Waals surface area (Å²) in [5.74, 6) is 1.19. The number of rotatable bonds is 0. The SMILES string of the molecule is CC1(C)CC2=C(CCc3ccccc32)OCCO1. The van der Waals surface area contributed by atoms with E-state index in [4.69, 9.17) is 9.47 Å². The first-order chi connectivity index (χ1) is 8.66. The molecule has 2 nitrogen and oxygen atoms in total. The van der Waals surface area contributed by atoms with Gasteiger partial charge in [-0.15, -0.1) is 0 Å². The third-order valence-corrected chi connectivity index (χ3v) is 3.76. The minimum Gasteiger partial charge on any atom is -0.495 e. The standard InChI is InChI=1S/C16H20O2/c1-16(2)11-14-13-6-4-3-5-12(13)7-8-15(14)17-9-10-18-16/h3-6H,7-11H2,1-2H3. The van der Waals surface area contributed by atoms with Crippen LogP contribution >= 0.6 is 0 Å². The maximum absolute atomic E-state index is 5.89. The van der Waals surface area contributed by atoms with Crippen LogP contribution in [0.5, 0.6) is 0 Å². The summed E-state index contributed by atoms with van der Waals surface area (Å²) in [7, 11) is 0. The highest BCUT2D eigenvalue weighted by molar-refractivity contribution is 5.72. The quantitative estimate of drug-likeness (QED) is 0.694. The van der Waals surface area contributed by atoms with Crippen LogP contribution < -0.4 is 0 Å². The molecule has 0 spiro atoms. The van der Waals surface area contributed by atoms with Crippen molar-refractivity contribution >= 4 is 5.57 Å². The van der Waals surface area contributed by atoms with Crippen molar-refractivity contribution in [2.24, 2.45) is 0 Å². The van der Waals surface area contributed by atoms with E-state index >= 15 is 0 Å². The number of allylic oxidation sites excluding steroid dienone is 1. The summed E-state index contributed by atoms with van der Waals surface area (Å²) in [4.78, 5) is 0. The second kappa shape index (κ2) is 4.43. The molecule has 0 aromatic heterocycles. The smallest absolute Gasteiger partial charge is 0.111 e.